The van der Waals surface area contributed by atoms with E-state index in [1.807, 2.05) is 0 Å². The van der Waals surface area contributed by atoms with E-state index in [1.165, 1.54) is 38.8 Å². The smallest absolute Gasteiger partial charge is 0.0664 e. The van der Waals surface area contributed by atoms with Crippen LogP contribution in [-0.2, 0) is 0 Å². The Morgan fingerprint density at radius 3 is 2.62 bits per heavy atom. The van der Waals surface area contributed by atoms with Crippen LogP contribution in [0.15, 0.2) is 0 Å². The van der Waals surface area contributed by atoms with Crippen molar-refractivity contribution in [1.29, 1.82) is 0 Å². The van der Waals surface area contributed by atoms with Gasteiger partial charge in [-0.2, -0.15) is 0 Å². The molecule has 1 saturated heterocycles. The summed E-state index contributed by atoms with van der Waals surface area (Å²) in [6.07, 6.45) is 6.48. The molecular weight excluding hydrogens is 162 g/mol. The van der Waals surface area contributed by atoms with Crippen LogP contribution in [0.5, 0.6) is 0 Å². The van der Waals surface area contributed by atoms with Crippen LogP contribution in [0.25, 0.3) is 0 Å². The fourth-order valence-electron chi connectivity index (χ4n) is 2.70. The van der Waals surface area contributed by atoms with Gasteiger partial charge in [-0.05, 0) is 37.6 Å². The van der Waals surface area contributed by atoms with Gasteiger partial charge < -0.3 is 10.0 Å². The third-order valence-corrected chi connectivity index (χ3v) is 3.87. The van der Waals surface area contributed by atoms with Crippen molar-refractivity contribution in [2.45, 2.75) is 45.1 Å². The van der Waals surface area contributed by atoms with Gasteiger partial charge in [0, 0.05) is 13.1 Å². The molecule has 2 aliphatic rings. The minimum Gasteiger partial charge on any atom is -0.392 e. The second-order valence-electron chi connectivity index (χ2n) is 4.90. The van der Waals surface area contributed by atoms with Crippen LogP contribution < -0.4 is 0 Å². The van der Waals surface area contributed by atoms with Gasteiger partial charge in [-0.3, -0.25) is 0 Å². The molecule has 0 aromatic heterocycles. The van der Waals surface area contributed by atoms with Crippen LogP contribution in [-0.4, -0.2) is 35.7 Å². The Kier molecular flexibility index (Phi) is 2.61. The molecule has 2 fully saturated rings. The molecule has 0 aromatic carbocycles. The minimum atomic E-state index is -0.102. The molecule has 1 saturated carbocycles. The van der Waals surface area contributed by atoms with Gasteiger partial charge in [-0.1, -0.05) is 13.3 Å². The lowest BCUT2D eigenvalue weighted by molar-refractivity contribution is 0.0959. The summed E-state index contributed by atoms with van der Waals surface area (Å²) in [5, 5.41) is 9.54. The number of aliphatic hydroxyl groups excluding tert-OH is 1. The normalized spacial score (nSPS) is 29.1. The number of hydrogen-bond donors (Lipinski definition) is 1. The van der Waals surface area contributed by atoms with E-state index in [-0.39, 0.29) is 6.10 Å². The van der Waals surface area contributed by atoms with Crippen LogP contribution >= 0.6 is 0 Å². The van der Waals surface area contributed by atoms with Crippen molar-refractivity contribution in [2.24, 2.45) is 5.41 Å². The first-order chi connectivity index (χ1) is 6.24. The van der Waals surface area contributed by atoms with Crippen molar-refractivity contribution in [2.75, 3.05) is 19.6 Å². The molecule has 1 aliphatic carbocycles. The highest BCUT2D eigenvalue weighted by Crippen LogP contribution is 2.47. The first-order valence-corrected chi connectivity index (χ1v) is 5.64. The standard InChI is InChI=1S/C11H21NO/c1-2-10(13)8-12-7-6-11(9-12)4-3-5-11/h10,13H,2-9H2,1H3/t10-/m0/s1. The molecule has 1 atom stereocenters. The third-order valence-electron chi connectivity index (χ3n) is 3.87. The van der Waals surface area contributed by atoms with Gasteiger partial charge in [0.2, 0.25) is 0 Å². The number of likely N-dealkylation sites (tertiary alicyclic amines) is 1. The summed E-state index contributed by atoms with van der Waals surface area (Å²) in [6, 6.07) is 0. The van der Waals surface area contributed by atoms with E-state index in [9.17, 15) is 5.11 Å². The molecule has 0 aromatic rings. The van der Waals surface area contributed by atoms with Crippen LogP contribution in [0.4, 0.5) is 0 Å². The highest BCUT2D eigenvalue weighted by molar-refractivity contribution is 4.95. The molecule has 0 radical (unpaired) electrons. The summed E-state index contributed by atoms with van der Waals surface area (Å²) in [5.41, 5.74) is 0.688. The van der Waals surface area contributed by atoms with Crippen molar-refractivity contribution in [1.82, 2.24) is 4.90 Å². The van der Waals surface area contributed by atoms with E-state index in [0.29, 0.717) is 5.41 Å². The molecular formula is C11H21NO. The van der Waals surface area contributed by atoms with Gasteiger partial charge in [0.05, 0.1) is 6.10 Å². The average molecular weight is 183 g/mol. The van der Waals surface area contributed by atoms with Gasteiger partial charge in [0.15, 0.2) is 0 Å². The van der Waals surface area contributed by atoms with E-state index in [0.717, 1.165) is 13.0 Å². The molecule has 0 bridgehead atoms. The maximum Gasteiger partial charge on any atom is 0.0664 e. The van der Waals surface area contributed by atoms with E-state index in [1.54, 1.807) is 0 Å². The molecule has 1 spiro atoms. The van der Waals surface area contributed by atoms with Crippen LogP contribution in [0, 0.1) is 5.41 Å². The lowest BCUT2D eigenvalue weighted by Crippen LogP contribution is -2.36. The van der Waals surface area contributed by atoms with Crippen LogP contribution in [0.2, 0.25) is 0 Å². The number of aliphatic hydroxyl groups is 1. The third kappa shape index (κ3) is 1.89. The lowest BCUT2D eigenvalue weighted by Gasteiger charge is -2.38. The number of nitrogens with zero attached hydrogens (tertiary/aromatic N) is 1. The Hall–Kier alpha value is -0.0800. The van der Waals surface area contributed by atoms with E-state index in [4.69, 9.17) is 0 Å². The SMILES string of the molecule is CC[C@H](O)CN1CCC2(CCC2)C1. The van der Waals surface area contributed by atoms with Gasteiger partial charge in [-0.15, -0.1) is 0 Å². The summed E-state index contributed by atoms with van der Waals surface area (Å²) in [4.78, 5) is 2.45. The molecule has 13 heavy (non-hydrogen) atoms. The Morgan fingerprint density at radius 1 is 1.38 bits per heavy atom. The zero-order valence-electron chi connectivity index (χ0n) is 8.63. The molecule has 0 unspecified atom stereocenters. The first kappa shape index (κ1) is 9.47. The van der Waals surface area contributed by atoms with Crippen molar-refractivity contribution in [3.05, 3.63) is 0 Å². The molecule has 2 rings (SSSR count). The highest BCUT2D eigenvalue weighted by atomic mass is 16.3. The fourth-order valence-corrected chi connectivity index (χ4v) is 2.70. The number of hydrogen-bond acceptors (Lipinski definition) is 2. The van der Waals surface area contributed by atoms with Crippen LogP contribution in [0.3, 0.4) is 0 Å². The summed E-state index contributed by atoms with van der Waals surface area (Å²) in [7, 11) is 0. The summed E-state index contributed by atoms with van der Waals surface area (Å²) >= 11 is 0. The second kappa shape index (κ2) is 3.58. The predicted molar refractivity (Wildman–Crippen MR) is 53.6 cm³/mol. The quantitative estimate of drug-likeness (QED) is 0.719. The molecule has 0 amide bonds. The summed E-state index contributed by atoms with van der Waals surface area (Å²) < 4.78 is 0. The Balaban J connectivity index is 1.78. The summed E-state index contributed by atoms with van der Waals surface area (Å²) in [5.74, 6) is 0. The molecule has 76 valence electrons. The van der Waals surface area contributed by atoms with Crippen molar-refractivity contribution in [3.8, 4) is 0 Å². The zero-order valence-corrected chi connectivity index (χ0v) is 8.63. The van der Waals surface area contributed by atoms with Crippen LogP contribution in [0.1, 0.15) is 39.0 Å². The first-order valence-electron chi connectivity index (χ1n) is 5.64. The van der Waals surface area contributed by atoms with E-state index >= 15 is 0 Å². The number of rotatable bonds is 3. The second-order valence-corrected chi connectivity index (χ2v) is 4.90. The lowest BCUT2D eigenvalue weighted by atomic mass is 9.68. The van der Waals surface area contributed by atoms with Crippen molar-refractivity contribution < 1.29 is 5.11 Å². The number of β-amino-alcohol motifs (C(OH)–C–C–N with tert-alkyl or cyclic N) is 1. The van der Waals surface area contributed by atoms with E-state index < -0.39 is 0 Å². The Labute approximate surface area is 80.9 Å². The van der Waals surface area contributed by atoms with Crippen molar-refractivity contribution >= 4 is 0 Å². The molecule has 1 aliphatic heterocycles. The van der Waals surface area contributed by atoms with Gasteiger partial charge >= 0.3 is 0 Å². The Bertz CT molecular complexity index is 177. The molecule has 1 heterocycles. The van der Waals surface area contributed by atoms with Gasteiger partial charge in [0.1, 0.15) is 0 Å². The fraction of sp³-hybridized carbons (Fsp3) is 1.00. The Morgan fingerprint density at radius 2 is 2.15 bits per heavy atom. The largest absolute Gasteiger partial charge is 0.392 e. The molecule has 2 nitrogen and oxygen atoms in total. The minimum absolute atomic E-state index is 0.102. The monoisotopic (exact) mass is 183 g/mol. The maximum atomic E-state index is 9.54. The summed E-state index contributed by atoms with van der Waals surface area (Å²) in [6.45, 7) is 5.43. The molecule has 1 N–H and O–H groups in total. The maximum absolute atomic E-state index is 9.54. The highest BCUT2D eigenvalue weighted by Gasteiger charge is 2.42. The van der Waals surface area contributed by atoms with E-state index in [2.05, 4.69) is 11.8 Å². The van der Waals surface area contributed by atoms with Gasteiger partial charge in [0.25, 0.3) is 0 Å². The average Bonchev–Trinajstić information content (AvgIpc) is 2.48. The molecule has 2 heteroatoms. The predicted octanol–water partition coefficient (Wildman–Crippen LogP) is 1.63. The topological polar surface area (TPSA) is 23.5 Å². The zero-order chi connectivity index (χ0) is 9.31. The van der Waals surface area contributed by atoms with Gasteiger partial charge in [-0.25, -0.2) is 0 Å². The van der Waals surface area contributed by atoms with Crippen molar-refractivity contribution in [3.63, 3.8) is 0 Å².